The van der Waals surface area contributed by atoms with E-state index >= 15 is 0 Å². The van der Waals surface area contributed by atoms with Crippen LogP contribution in [0.2, 0.25) is 0 Å². The van der Waals surface area contributed by atoms with Crippen molar-refractivity contribution in [2.24, 2.45) is 0 Å². The third-order valence-electron chi connectivity index (χ3n) is 1.67. The third-order valence-corrected chi connectivity index (χ3v) is 1.67. The molecular weight excluding hydrogens is 169 g/mol. The molecule has 0 aliphatic carbocycles. The highest BCUT2D eigenvalue weighted by Crippen LogP contribution is 2.18. The molecule has 0 spiro atoms. The zero-order valence-corrected chi connectivity index (χ0v) is 7.75. The lowest BCUT2D eigenvalue weighted by molar-refractivity contribution is 0.0810. The Bertz CT molecular complexity index is 201. The lowest BCUT2D eigenvalue weighted by Gasteiger charge is -1.97. The molecule has 2 unspecified atom stereocenters. The number of epoxide rings is 1. The molecule has 1 aliphatic heterocycles. The van der Waals surface area contributed by atoms with Crippen LogP contribution in [0.5, 0.6) is 0 Å². The Kier molecular flexibility index (Phi) is 4.87. The molecule has 5 heteroatoms. The molecule has 0 saturated carbocycles. The van der Waals surface area contributed by atoms with Gasteiger partial charge >= 0.3 is 0 Å². The summed E-state index contributed by atoms with van der Waals surface area (Å²) >= 11 is 0. The van der Waals surface area contributed by atoms with Crippen LogP contribution in [0.1, 0.15) is 0 Å². The molecule has 0 aromatic rings. The van der Waals surface area contributed by atoms with Gasteiger partial charge in [-0.3, -0.25) is 5.32 Å². The number of rotatable bonds is 6. The minimum Gasteiger partial charge on any atom is -0.394 e. The molecule has 72 valence electrons. The molecule has 2 atom stereocenters. The largest absolute Gasteiger partial charge is 0.394 e. The van der Waals surface area contributed by atoms with E-state index in [0.717, 1.165) is 0 Å². The van der Waals surface area contributed by atoms with E-state index in [1.165, 1.54) is 0 Å². The summed E-state index contributed by atoms with van der Waals surface area (Å²) < 4.78 is 10.3. The first-order chi connectivity index (χ1) is 6.38. The molecule has 0 aromatic carbocycles. The van der Waals surface area contributed by atoms with E-state index in [-0.39, 0.29) is 18.9 Å². The van der Waals surface area contributed by atoms with Crippen LogP contribution in [0.4, 0.5) is 0 Å². The van der Waals surface area contributed by atoms with Gasteiger partial charge in [0, 0.05) is 0 Å². The van der Waals surface area contributed by atoms with Gasteiger partial charge in [0.1, 0.15) is 12.3 Å². The number of hydrogen-bond donors (Lipinski definition) is 2. The first-order valence-corrected chi connectivity index (χ1v) is 4.35. The fourth-order valence-electron chi connectivity index (χ4n) is 0.953. The fourth-order valence-corrected chi connectivity index (χ4v) is 0.953. The molecule has 1 heterocycles. The van der Waals surface area contributed by atoms with Gasteiger partial charge in [0.15, 0.2) is 7.85 Å². The number of hydrogen-bond acceptors (Lipinski definition) is 4. The van der Waals surface area contributed by atoms with Crippen molar-refractivity contribution in [3.05, 3.63) is 0 Å². The van der Waals surface area contributed by atoms with E-state index in [1.54, 1.807) is 7.85 Å². The minimum absolute atomic E-state index is 0.0616. The highest BCUT2D eigenvalue weighted by molar-refractivity contribution is 6.22. The van der Waals surface area contributed by atoms with Crippen molar-refractivity contribution < 1.29 is 14.6 Å². The number of aliphatic hydroxyl groups is 1. The van der Waals surface area contributed by atoms with Crippen molar-refractivity contribution >= 4 is 7.85 Å². The molecule has 0 aromatic heterocycles. The average Bonchev–Trinajstić information content (AvgIpc) is 2.85. The molecule has 0 amide bonds. The van der Waals surface area contributed by atoms with E-state index < -0.39 is 0 Å². The summed E-state index contributed by atoms with van der Waals surface area (Å²) in [4.78, 5) is 0. The van der Waals surface area contributed by atoms with Gasteiger partial charge in [0.2, 0.25) is 0 Å². The van der Waals surface area contributed by atoms with Gasteiger partial charge in [0.05, 0.1) is 26.4 Å². The summed E-state index contributed by atoms with van der Waals surface area (Å²) in [7, 11) is 1.80. The molecule has 2 N–H and O–H groups in total. The normalized spacial score (nSPS) is 25.0. The zero-order valence-electron chi connectivity index (χ0n) is 7.75. The van der Waals surface area contributed by atoms with Crippen molar-refractivity contribution in [1.29, 1.82) is 0 Å². The van der Waals surface area contributed by atoms with Gasteiger partial charge in [-0.2, -0.15) is 5.82 Å². The predicted molar refractivity (Wildman–Crippen MR) is 50.9 cm³/mol. The van der Waals surface area contributed by atoms with Crippen molar-refractivity contribution in [3.63, 3.8) is 0 Å². The second-order valence-corrected chi connectivity index (χ2v) is 2.70. The molecular formula is C8H14BNO3. The first kappa shape index (κ1) is 10.5. The Morgan fingerprint density at radius 3 is 3.15 bits per heavy atom. The zero-order chi connectivity index (χ0) is 9.52. The highest BCUT2D eigenvalue weighted by Gasteiger charge is 2.38. The molecule has 1 aliphatic rings. The smallest absolute Gasteiger partial charge is 0.195 e. The van der Waals surface area contributed by atoms with Crippen molar-refractivity contribution in [1.82, 2.24) is 5.32 Å². The average molecular weight is 183 g/mol. The second kappa shape index (κ2) is 6.00. The van der Waals surface area contributed by atoms with Crippen LogP contribution in [-0.4, -0.2) is 51.7 Å². The van der Waals surface area contributed by atoms with Crippen LogP contribution >= 0.6 is 0 Å². The Morgan fingerprint density at radius 2 is 2.46 bits per heavy atom. The minimum atomic E-state index is 0.0616. The predicted octanol–water partition coefficient (Wildman–Crippen LogP) is -2.10. The monoisotopic (exact) mass is 183 g/mol. The summed E-state index contributed by atoms with van der Waals surface area (Å²) in [5, 5.41) is 11.5. The van der Waals surface area contributed by atoms with Gasteiger partial charge in [-0.1, -0.05) is 0 Å². The van der Waals surface area contributed by atoms with Crippen LogP contribution in [0.15, 0.2) is 0 Å². The van der Waals surface area contributed by atoms with Gasteiger partial charge < -0.3 is 14.6 Å². The summed E-state index contributed by atoms with van der Waals surface area (Å²) in [5.41, 5.74) is 0. The van der Waals surface area contributed by atoms with E-state index in [1.807, 2.05) is 0 Å². The Morgan fingerprint density at radius 1 is 1.62 bits per heavy atom. The maximum atomic E-state index is 8.44. The number of aliphatic hydroxyl groups excluding tert-OH is 1. The second-order valence-electron chi connectivity index (χ2n) is 2.70. The molecule has 1 fully saturated rings. The van der Waals surface area contributed by atoms with Crippen LogP contribution in [0, 0.1) is 11.7 Å². The molecule has 1 rings (SSSR count). The quantitative estimate of drug-likeness (QED) is 0.214. The summed E-state index contributed by atoms with van der Waals surface area (Å²) in [6.07, 6.45) is 0.213. The topological polar surface area (TPSA) is 54.0 Å². The molecule has 0 radical (unpaired) electrons. The summed E-state index contributed by atoms with van der Waals surface area (Å²) in [6.45, 7) is 1.63. The van der Waals surface area contributed by atoms with Gasteiger partial charge in [-0.15, -0.1) is 5.92 Å². The van der Waals surface area contributed by atoms with E-state index in [2.05, 4.69) is 17.1 Å². The van der Waals surface area contributed by atoms with Crippen LogP contribution in [-0.2, 0) is 9.47 Å². The van der Waals surface area contributed by atoms with Crippen molar-refractivity contribution in [3.8, 4) is 11.7 Å². The maximum absolute atomic E-state index is 8.44. The molecule has 1 saturated heterocycles. The number of nitrogens with one attached hydrogen (secondary N) is 1. The molecule has 4 nitrogen and oxygen atoms in total. The summed E-state index contributed by atoms with van der Waals surface area (Å²) in [6, 6.07) is 0. The van der Waals surface area contributed by atoms with Crippen LogP contribution < -0.4 is 5.32 Å². The Hall–Kier alpha value is -0.535. The lowest BCUT2D eigenvalue weighted by Crippen LogP contribution is -2.22. The standard InChI is InChI=1S/C8H14BNO3/c9-2-1-3-10-8-7(13-8)6-12-5-4-11/h7-8,10-11H,3-6,9H2. The van der Waals surface area contributed by atoms with E-state index in [9.17, 15) is 0 Å². The van der Waals surface area contributed by atoms with Crippen molar-refractivity contribution in [2.45, 2.75) is 12.3 Å². The molecule has 0 bridgehead atoms. The Balaban J connectivity index is 1.92. The van der Waals surface area contributed by atoms with Gasteiger partial charge in [-0.05, 0) is 0 Å². The van der Waals surface area contributed by atoms with E-state index in [0.29, 0.717) is 19.8 Å². The third kappa shape index (κ3) is 4.29. The van der Waals surface area contributed by atoms with Crippen LogP contribution in [0.3, 0.4) is 0 Å². The van der Waals surface area contributed by atoms with Crippen LogP contribution in [0.25, 0.3) is 0 Å². The highest BCUT2D eigenvalue weighted by atomic mass is 16.6. The maximum Gasteiger partial charge on any atom is 0.195 e. The summed E-state index contributed by atoms with van der Waals surface area (Å²) in [5.74, 6) is 5.67. The first-order valence-electron chi connectivity index (χ1n) is 4.35. The SMILES string of the molecule is BC#CCNC1OC1COCCO. The Labute approximate surface area is 79.0 Å². The number of ether oxygens (including phenoxy) is 2. The van der Waals surface area contributed by atoms with Crippen molar-refractivity contribution in [2.75, 3.05) is 26.4 Å². The fraction of sp³-hybridized carbons (Fsp3) is 0.750. The van der Waals surface area contributed by atoms with Gasteiger partial charge in [-0.25, -0.2) is 0 Å². The van der Waals surface area contributed by atoms with Gasteiger partial charge in [0.25, 0.3) is 0 Å². The molecule has 13 heavy (non-hydrogen) atoms. The lowest BCUT2D eigenvalue weighted by atomic mass is 10.2. The van der Waals surface area contributed by atoms with E-state index in [4.69, 9.17) is 14.6 Å².